The monoisotopic (exact) mass is 251 g/mol. The predicted molar refractivity (Wildman–Crippen MR) is 72.1 cm³/mol. The largest absolute Gasteiger partial charge is 0.478 e. The van der Waals surface area contributed by atoms with Gasteiger partial charge in [-0.3, -0.25) is 0 Å². The van der Waals surface area contributed by atoms with Crippen LogP contribution in [0.3, 0.4) is 0 Å². The normalized spacial score (nSPS) is 10.1. The van der Waals surface area contributed by atoms with E-state index in [0.717, 1.165) is 17.8 Å². The minimum absolute atomic E-state index is 0.599. The first-order valence-electron chi connectivity index (χ1n) is 6.16. The Hall–Kier alpha value is -1.62. The molecule has 5 heteroatoms. The van der Waals surface area contributed by atoms with Crippen molar-refractivity contribution in [1.82, 2.24) is 9.97 Å². The molecule has 5 nitrogen and oxygen atoms in total. The van der Waals surface area contributed by atoms with Gasteiger partial charge in [0.15, 0.2) is 0 Å². The Bertz CT molecular complexity index is 369. The van der Waals surface area contributed by atoms with E-state index in [2.05, 4.69) is 21.9 Å². The molecule has 0 aliphatic carbocycles. The molecule has 1 aromatic heterocycles. The second-order valence-corrected chi connectivity index (χ2v) is 3.70. The summed E-state index contributed by atoms with van der Waals surface area (Å²) in [6, 6.07) is 0. The van der Waals surface area contributed by atoms with Crippen LogP contribution in [0.2, 0.25) is 0 Å². The lowest BCUT2D eigenvalue weighted by molar-refractivity contribution is 0.149. The molecule has 0 aromatic carbocycles. The average Bonchev–Trinajstić information content (AvgIpc) is 2.38. The summed E-state index contributed by atoms with van der Waals surface area (Å²) in [6.07, 6.45) is 4.22. The first-order valence-corrected chi connectivity index (χ1v) is 6.16. The molecule has 0 radical (unpaired) electrons. The molecule has 1 heterocycles. The van der Waals surface area contributed by atoms with Crippen LogP contribution < -0.4 is 10.1 Å². The molecule has 0 aliphatic rings. The minimum Gasteiger partial charge on any atom is -0.478 e. The molecule has 1 rings (SSSR count). The molecule has 0 atom stereocenters. The van der Waals surface area contributed by atoms with E-state index in [0.29, 0.717) is 32.2 Å². The van der Waals surface area contributed by atoms with Crippen LogP contribution in [-0.2, 0) is 4.74 Å². The van der Waals surface area contributed by atoms with Gasteiger partial charge >= 0.3 is 0 Å². The van der Waals surface area contributed by atoms with Crippen molar-refractivity contribution in [2.45, 2.75) is 20.3 Å². The van der Waals surface area contributed by atoms with E-state index in [1.807, 2.05) is 19.9 Å². The van der Waals surface area contributed by atoms with Gasteiger partial charge in [-0.1, -0.05) is 6.08 Å². The predicted octanol–water partition coefficient (Wildman–Crippen LogP) is 2.19. The maximum Gasteiger partial charge on any atom is 0.221 e. The number of nitrogens with one attached hydrogen (secondary N) is 1. The maximum absolute atomic E-state index is 5.40. The van der Waals surface area contributed by atoms with Gasteiger partial charge in [0.1, 0.15) is 12.1 Å². The summed E-state index contributed by atoms with van der Waals surface area (Å²) < 4.78 is 10.8. The third-order valence-electron chi connectivity index (χ3n) is 2.32. The topological polar surface area (TPSA) is 56.3 Å². The Morgan fingerprint density at radius 2 is 2.22 bits per heavy atom. The zero-order valence-electron chi connectivity index (χ0n) is 11.1. The molecule has 0 amide bonds. The van der Waals surface area contributed by atoms with Gasteiger partial charge in [0.2, 0.25) is 5.88 Å². The van der Waals surface area contributed by atoms with Crippen molar-refractivity contribution in [1.29, 1.82) is 0 Å². The Balaban J connectivity index is 2.37. The summed E-state index contributed by atoms with van der Waals surface area (Å²) in [5.41, 5.74) is 0.922. The maximum atomic E-state index is 5.40. The highest BCUT2D eigenvalue weighted by Crippen LogP contribution is 2.19. The Labute approximate surface area is 108 Å². The Kier molecular flexibility index (Phi) is 6.79. The molecule has 0 aliphatic heterocycles. The second kappa shape index (κ2) is 8.47. The summed E-state index contributed by atoms with van der Waals surface area (Å²) in [5, 5.41) is 3.21. The van der Waals surface area contributed by atoms with Gasteiger partial charge in [-0.2, -0.15) is 0 Å². The summed E-state index contributed by atoms with van der Waals surface area (Å²) in [5.74, 6) is 1.42. The van der Waals surface area contributed by atoms with Crippen LogP contribution in [0.1, 0.15) is 18.9 Å². The van der Waals surface area contributed by atoms with Crippen LogP contribution in [0.5, 0.6) is 5.88 Å². The number of nitrogens with zero attached hydrogens (tertiary/aromatic N) is 2. The van der Waals surface area contributed by atoms with Crippen molar-refractivity contribution in [3.63, 3.8) is 0 Å². The fourth-order valence-electron chi connectivity index (χ4n) is 1.40. The first kappa shape index (κ1) is 14.4. The van der Waals surface area contributed by atoms with E-state index in [9.17, 15) is 0 Å². The zero-order chi connectivity index (χ0) is 13.2. The summed E-state index contributed by atoms with van der Waals surface area (Å²) in [7, 11) is 0. The van der Waals surface area contributed by atoms with Crippen molar-refractivity contribution < 1.29 is 9.47 Å². The summed E-state index contributed by atoms with van der Waals surface area (Å²) in [4.78, 5) is 8.26. The van der Waals surface area contributed by atoms with Gasteiger partial charge < -0.3 is 14.8 Å². The van der Waals surface area contributed by atoms with Crippen molar-refractivity contribution in [2.24, 2.45) is 0 Å². The van der Waals surface area contributed by atoms with Crippen LogP contribution in [0, 0.1) is 6.92 Å². The molecule has 0 saturated heterocycles. The molecule has 1 N–H and O–H groups in total. The van der Waals surface area contributed by atoms with Crippen molar-refractivity contribution in [3.8, 4) is 5.88 Å². The van der Waals surface area contributed by atoms with Gasteiger partial charge in [-0.25, -0.2) is 9.97 Å². The van der Waals surface area contributed by atoms with E-state index < -0.39 is 0 Å². The number of aromatic nitrogens is 2. The van der Waals surface area contributed by atoms with Crippen LogP contribution in [0.25, 0.3) is 0 Å². The molecule has 0 saturated carbocycles. The van der Waals surface area contributed by atoms with E-state index in [1.54, 1.807) is 0 Å². The molecule has 100 valence electrons. The molecule has 0 unspecified atom stereocenters. The minimum atomic E-state index is 0.599. The van der Waals surface area contributed by atoms with Crippen LogP contribution in [0.15, 0.2) is 19.0 Å². The smallest absolute Gasteiger partial charge is 0.221 e. The quantitative estimate of drug-likeness (QED) is 0.538. The van der Waals surface area contributed by atoms with Crippen LogP contribution in [0.4, 0.5) is 5.82 Å². The average molecular weight is 251 g/mol. The van der Waals surface area contributed by atoms with E-state index in [1.165, 1.54) is 6.33 Å². The number of hydrogen-bond acceptors (Lipinski definition) is 5. The van der Waals surface area contributed by atoms with Crippen LogP contribution in [-0.4, -0.2) is 36.3 Å². The van der Waals surface area contributed by atoms with Gasteiger partial charge in [-0.15, -0.1) is 6.58 Å². The fourth-order valence-corrected chi connectivity index (χ4v) is 1.40. The van der Waals surface area contributed by atoms with Gasteiger partial charge in [0, 0.05) is 6.54 Å². The molecule has 0 bridgehead atoms. The van der Waals surface area contributed by atoms with Crippen molar-refractivity contribution >= 4 is 5.82 Å². The van der Waals surface area contributed by atoms with Gasteiger partial charge in [0.05, 0.1) is 25.4 Å². The zero-order valence-corrected chi connectivity index (χ0v) is 11.1. The number of anilines is 1. The lowest BCUT2D eigenvalue weighted by Crippen LogP contribution is -2.12. The van der Waals surface area contributed by atoms with Crippen molar-refractivity contribution in [3.05, 3.63) is 24.5 Å². The van der Waals surface area contributed by atoms with Crippen LogP contribution >= 0.6 is 0 Å². The SMILES string of the molecule is C=CCCOCCNc1ncnc(OCC)c1C. The van der Waals surface area contributed by atoms with E-state index in [4.69, 9.17) is 9.47 Å². The van der Waals surface area contributed by atoms with E-state index in [-0.39, 0.29) is 0 Å². The first-order chi connectivity index (χ1) is 8.79. The number of ether oxygens (including phenoxy) is 2. The second-order valence-electron chi connectivity index (χ2n) is 3.70. The standard InChI is InChI=1S/C13H21N3O2/c1-4-6-8-17-9-7-14-12-11(3)13(18-5-2)16-10-15-12/h4,10H,1,5-9H2,2-3H3,(H,14,15,16). The molecule has 18 heavy (non-hydrogen) atoms. The number of rotatable bonds is 9. The molecule has 0 spiro atoms. The highest BCUT2D eigenvalue weighted by atomic mass is 16.5. The molecular formula is C13H21N3O2. The third-order valence-corrected chi connectivity index (χ3v) is 2.32. The Morgan fingerprint density at radius 3 is 2.94 bits per heavy atom. The molecule has 0 fully saturated rings. The molecule has 1 aromatic rings. The fraction of sp³-hybridized carbons (Fsp3) is 0.538. The van der Waals surface area contributed by atoms with Gasteiger partial charge in [-0.05, 0) is 20.3 Å². The van der Waals surface area contributed by atoms with E-state index >= 15 is 0 Å². The third kappa shape index (κ3) is 4.71. The lowest BCUT2D eigenvalue weighted by Gasteiger charge is -2.11. The van der Waals surface area contributed by atoms with Gasteiger partial charge in [0.25, 0.3) is 0 Å². The summed E-state index contributed by atoms with van der Waals surface area (Å²) >= 11 is 0. The van der Waals surface area contributed by atoms with Crippen molar-refractivity contribution in [2.75, 3.05) is 31.7 Å². The highest BCUT2D eigenvalue weighted by Gasteiger charge is 2.06. The Morgan fingerprint density at radius 1 is 1.39 bits per heavy atom. The summed E-state index contributed by atoms with van der Waals surface area (Å²) in [6.45, 7) is 10.2. The highest BCUT2D eigenvalue weighted by molar-refractivity contribution is 5.47. The lowest BCUT2D eigenvalue weighted by atomic mass is 10.3. The number of hydrogen-bond donors (Lipinski definition) is 1. The molecular weight excluding hydrogens is 230 g/mol.